The van der Waals surface area contributed by atoms with Gasteiger partial charge in [0.2, 0.25) is 0 Å². The first-order valence-corrected chi connectivity index (χ1v) is 11.6. The van der Waals surface area contributed by atoms with Crippen molar-refractivity contribution in [3.63, 3.8) is 0 Å². The maximum absolute atomic E-state index is 12.9. The number of fused-ring (bicyclic) bond motifs is 4. The number of ether oxygens (including phenoxy) is 1. The standard InChI is InChI=1S/C26H33N3O2/c1-17-14-20(7-11-27-17)19-4-5-22-21(15-19)6-10-26(2,3)24(22)28-25(30)31-23-16-29-12-8-18(23)9-13-29/h4-5,7,11,14-15,18,23-24H,6,8-10,12-13,16H2,1-3H3,(H,28,30)/t23-,24?/m0/s1. The molecule has 1 aliphatic carbocycles. The topological polar surface area (TPSA) is 54.5 Å². The summed E-state index contributed by atoms with van der Waals surface area (Å²) in [5.74, 6) is 0.522. The minimum Gasteiger partial charge on any atom is -0.445 e. The molecule has 164 valence electrons. The van der Waals surface area contributed by atoms with E-state index in [1.54, 1.807) is 0 Å². The van der Waals surface area contributed by atoms with Gasteiger partial charge >= 0.3 is 6.09 Å². The third-order valence-electron chi connectivity index (χ3n) is 7.62. The van der Waals surface area contributed by atoms with Crippen LogP contribution >= 0.6 is 0 Å². The van der Waals surface area contributed by atoms with Gasteiger partial charge in [0, 0.05) is 18.4 Å². The SMILES string of the molecule is Cc1cc(-c2ccc3c(c2)CCC(C)(C)C3NC(=O)O[C@H]2CN3CCC2CC3)ccn1. The van der Waals surface area contributed by atoms with Crippen molar-refractivity contribution in [3.8, 4) is 11.1 Å². The molecule has 6 rings (SSSR count). The van der Waals surface area contributed by atoms with E-state index in [2.05, 4.69) is 59.4 Å². The molecule has 0 saturated carbocycles. The number of aryl methyl sites for hydroxylation is 2. The molecule has 2 aromatic rings. The first kappa shape index (κ1) is 20.5. The molecule has 4 aliphatic rings. The van der Waals surface area contributed by atoms with E-state index in [9.17, 15) is 4.79 Å². The summed E-state index contributed by atoms with van der Waals surface area (Å²) in [6.07, 6.45) is 5.98. The van der Waals surface area contributed by atoms with Gasteiger partial charge in [0.25, 0.3) is 0 Å². The molecule has 1 N–H and O–H groups in total. The lowest BCUT2D eigenvalue weighted by molar-refractivity contribution is -0.0353. The first-order chi connectivity index (χ1) is 14.9. The molecule has 3 saturated heterocycles. The molecule has 1 unspecified atom stereocenters. The lowest BCUT2D eigenvalue weighted by atomic mass is 9.70. The largest absolute Gasteiger partial charge is 0.445 e. The van der Waals surface area contributed by atoms with Gasteiger partial charge in [-0.2, -0.15) is 0 Å². The summed E-state index contributed by atoms with van der Waals surface area (Å²) in [5.41, 5.74) is 5.93. The van der Waals surface area contributed by atoms with Crippen LogP contribution in [0.3, 0.4) is 0 Å². The van der Waals surface area contributed by atoms with E-state index in [-0.39, 0.29) is 23.7 Å². The zero-order valence-corrected chi connectivity index (χ0v) is 18.9. The average molecular weight is 420 g/mol. The van der Waals surface area contributed by atoms with Gasteiger partial charge in [-0.3, -0.25) is 9.88 Å². The van der Waals surface area contributed by atoms with Crippen LogP contribution in [0.2, 0.25) is 0 Å². The highest BCUT2D eigenvalue weighted by Crippen LogP contribution is 2.44. The number of rotatable bonds is 3. The van der Waals surface area contributed by atoms with Gasteiger partial charge in [-0.25, -0.2) is 4.79 Å². The Labute approximate surface area is 185 Å². The van der Waals surface area contributed by atoms with Crippen LogP contribution in [0.15, 0.2) is 36.5 Å². The number of nitrogens with one attached hydrogen (secondary N) is 1. The van der Waals surface area contributed by atoms with Crippen molar-refractivity contribution in [2.24, 2.45) is 11.3 Å². The lowest BCUT2D eigenvalue weighted by Gasteiger charge is -2.44. The monoisotopic (exact) mass is 419 g/mol. The van der Waals surface area contributed by atoms with Crippen molar-refractivity contribution >= 4 is 6.09 Å². The Bertz CT molecular complexity index is 978. The molecular weight excluding hydrogens is 386 g/mol. The van der Waals surface area contributed by atoms with E-state index < -0.39 is 0 Å². The van der Waals surface area contributed by atoms with E-state index in [0.29, 0.717) is 5.92 Å². The third-order valence-corrected chi connectivity index (χ3v) is 7.62. The van der Waals surface area contributed by atoms with Crippen molar-refractivity contribution < 1.29 is 9.53 Å². The average Bonchev–Trinajstić information content (AvgIpc) is 2.76. The molecule has 4 heterocycles. The number of carbonyl (C=O) groups is 1. The fourth-order valence-electron chi connectivity index (χ4n) is 5.64. The predicted molar refractivity (Wildman–Crippen MR) is 122 cm³/mol. The Kier molecular flexibility index (Phi) is 5.25. The number of benzene rings is 1. The Balaban J connectivity index is 1.35. The minimum absolute atomic E-state index is 0.0180. The molecule has 5 heteroatoms. The fourth-order valence-corrected chi connectivity index (χ4v) is 5.64. The number of nitrogens with zero attached hydrogens (tertiary/aromatic N) is 2. The summed E-state index contributed by atoms with van der Waals surface area (Å²) in [6, 6.07) is 10.8. The van der Waals surface area contributed by atoms with E-state index in [4.69, 9.17) is 4.74 Å². The van der Waals surface area contributed by atoms with Gasteiger partial charge in [-0.05, 0) is 91.4 Å². The smallest absolute Gasteiger partial charge is 0.407 e. The second-order valence-electron chi connectivity index (χ2n) is 10.2. The van der Waals surface area contributed by atoms with Crippen LogP contribution in [0.5, 0.6) is 0 Å². The van der Waals surface area contributed by atoms with Crippen molar-refractivity contribution in [2.45, 2.75) is 58.6 Å². The summed E-state index contributed by atoms with van der Waals surface area (Å²) in [4.78, 5) is 19.7. The second kappa shape index (κ2) is 7.94. The highest BCUT2D eigenvalue weighted by atomic mass is 16.6. The van der Waals surface area contributed by atoms with Crippen LogP contribution in [0, 0.1) is 18.3 Å². The van der Waals surface area contributed by atoms with Crippen molar-refractivity contribution in [1.82, 2.24) is 15.2 Å². The van der Waals surface area contributed by atoms with E-state index in [1.807, 2.05) is 13.1 Å². The van der Waals surface area contributed by atoms with Crippen LogP contribution < -0.4 is 5.32 Å². The zero-order chi connectivity index (χ0) is 21.6. The molecule has 3 fully saturated rings. The number of amides is 1. The van der Waals surface area contributed by atoms with Crippen LogP contribution in [-0.2, 0) is 11.2 Å². The molecule has 1 amide bonds. The molecular formula is C26H33N3O2. The van der Waals surface area contributed by atoms with Crippen molar-refractivity contribution in [2.75, 3.05) is 19.6 Å². The maximum atomic E-state index is 12.9. The van der Waals surface area contributed by atoms with Gasteiger partial charge in [0.15, 0.2) is 0 Å². The maximum Gasteiger partial charge on any atom is 0.407 e. The van der Waals surface area contributed by atoms with Gasteiger partial charge in [-0.1, -0.05) is 32.0 Å². The van der Waals surface area contributed by atoms with Crippen molar-refractivity contribution in [3.05, 3.63) is 53.3 Å². The van der Waals surface area contributed by atoms with Crippen LogP contribution in [0.1, 0.15) is 56.0 Å². The highest BCUT2D eigenvalue weighted by molar-refractivity contribution is 5.70. The summed E-state index contributed by atoms with van der Waals surface area (Å²) < 4.78 is 5.94. The van der Waals surface area contributed by atoms with Gasteiger partial charge in [0.1, 0.15) is 6.10 Å². The Hall–Kier alpha value is -2.40. The van der Waals surface area contributed by atoms with Crippen LogP contribution in [-0.4, -0.2) is 41.7 Å². The van der Waals surface area contributed by atoms with E-state index in [0.717, 1.165) is 51.0 Å². The number of carbonyl (C=O) groups excluding carboxylic acids is 1. The van der Waals surface area contributed by atoms with Gasteiger partial charge < -0.3 is 10.1 Å². The summed E-state index contributed by atoms with van der Waals surface area (Å²) in [7, 11) is 0. The quantitative estimate of drug-likeness (QED) is 0.770. The Morgan fingerprint density at radius 2 is 1.94 bits per heavy atom. The molecule has 0 spiro atoms. The third kappa shape index (κ3) is 4.08. The molecule has 3 aliphatic heterocycles. The highest BCUT2D eigenvalue weighted by Gasteiger charge is 2.40. The predicted octanol–water partition coefficient (Wildman–Crippen LogP) is 4.89. The number of hydrogen-bond acceptors (Lipinski definition) is 4. The van der Waals surface area contributed by atoms with Crippen LogP contribution in [0.25, 0.3) is 11.1 Å². The summed E-state index contributed by atoms with van der Waals surface area (Å²) in [5, 5.41) is 3.25. The van der Waals surface area contributed by atoms with Gasteiger partial charge in [-0.15, -0.1) is 0 Å². The molecule has 31 heavy (non-hydrogen) atoms. The molecule has 2 bridgehead atoms. The Morgan fingerprint density at radius 3 is 2.65 bits per heavy atom. The second-order valence-corrected chi connectivity index (χ2v) is 10.2. The minimum atomic E-state index is -0.265. The summed E-state index contributed by atoms with van der Waals surface area (Å²) in [6.45, 7) is 9.69. The molecule has 1 aromatic heterocycles. The lowest BCUT2D eigenvalue weighted by Crippen LogP contribution is -2.53. The molecule has 2 atom stereocenters. The number of piperidine rings is 3. The fraction of sp³-hybridized carbons (Fsp3) is 0.538. The van der Waals surface area contributed by atoms with E-state index >= 15 is 0 Å². The van der Waals surface area contributed by atoms with Gasteiger partial charge in [0.05, 0.1) is 6.04 Å². The first-order valence-electron chi connectivity index (χ1n) is 11.6. The molecule has 5 nitrogen and oxygen atoms in total. The van der Waals surface area contributed by atoms with Crippen LogP contribution in [0.4, 0.5) is 4.79 Å². The summed E-state index contributed by atoms with van der Waals surface area (Å²) >= 11 is 0. The molecule has 0 radical (unpaired) electrons. The molecule has 1 aromatic carbocycles. The Morgan fingerprint density at radius 1 is 1.16 bits per heavy atom. The normalized spacial score (nSPS) is 28.6. The zero-order valence-electron chi connectivity index (χ0n) is 18.9. The van der Waals surface area contributed by atoms with Crippen molar-refractivity contribution in [1.29, 1.82) is 0 Å². The number of alkyl carbamates (subject to hydrolysis) is 1. The van der Waals surface area contributed by atoms with E-state index in [1.165, 1.54) is 22.3 Å². The number of pyridine rings is 1. The number of aromatic nitrogens is 1. The number of hydrogen-bond donors (Lipinski definition) is 1.